The Labute approximate surface area is 88.2 Å². The minimum atomic E-state index is -0.481. The summed E-state index contributed by atoms with van der Waals surface area (Å²) in [4.78, 5) is 4.22. The average Bonchev–Trinajstić information content (AvgIpc) is 2.65. The number of rotatable bonds is 2. The normalized spacial score (nSPS) is 12.7. The number of nitrogens with zero attached hydrogens (tertiary/aromatic N) is 3. The van der Waals surface area contributed by atoms with E-state index in [-0.39, 0.29) is 0 Å². The van der Waals surface area contributed by atoms with Crippen LogP contribution in [0, 0.1) is 6.92 Å². The molecular formula is C11H13N3O. The van der Waals surface area contributed by atoms with E-state index in [0.29, 0.717) is 0 Å². The van der Waals surface area contributed by atoms with Crippen molar-refractivity contribution in [2.45, 2.75) is 20.0 Å². The summed E-state index contributed by atoms with van der Waals surface area (Å²) in [5.41, 5.74) is 1.90. The smallest absolute Gasteiger partial charge is 0.153 e. The monoisotopic (exact) mass is 203 g/mol. The molecule has 0 aliphatic carbocycles. The van der Waals surface area contributed by atoms with Gasteiger partial charge in [0.2, 0.25) is 0 Å². The van der Waals surface area contributed by atoms with Crippen molar-refractivity contribution in [2.24, 2.45) is 0 Å². The Kier molecular flexibility index (Phi) is 2.51. The number of aromatic nitrogens is 3. The summed E-state index contributed by atoms with van der Waals surface area (Å²) in [6.45, 7) is 3.70. The van der Waals surface area contributed by atoms with Crippen molar-refractivity contribution in [2.75, 3.05) is 0 Å². The molecule has 0 radical (unpaired) electrons. The molecule has 4 heteroatoms. The van der Waals surface area contributed by atoms with E-state index < -0.39 is 6.10 Å². The van der Waals surface area contributed by atoms with Crippen LogP contribution in [0.4, 0.5) is 0 Å². The van der Waals surface area contributed by atoms with Crippen molar-refractivity contribution in [3.05, 3.63) is 41.9 Å². The first-order chi connectivity index (χ1) is 7.16. The second-order valence-corrected chi connectivity index (χ2v) is 3.59. The molecule has 2 aromatic heterocycles. The van der Waals surface area contributed by atoms with Gasteiger partial charge in [-0.1, -0.05) is 6.07 Å². The van der Waals surface area contributed by atoms with Crippen molar-refractivity contribution in [1.29, 1.82) is 0 Å². The molecule has 1 N–H and O–H groups in total. The van der Waals surface area contributed by atoms with Gasteiger partial charge in [-0.2, -0.15) is 5.10 Å². The lowest BCUT2D eigenvalue weighted by Crippen LogP contribution is -1.99. The van der Waals surface area contributed by atoms with E-state index >= 15 is 0 Å². The highest BCUT2D eigenvalue weighted by molar-refractivity contribution is 5.26. The molecule has 15 heavy (non-hydrogen) atoms. The van der Waals surface area contributed by atoms with Gasteiger partial charge in [0.15, 0.2) is 5.82 Å². The topological polar surface area (TPSA) is 50.9 Å². The molecule has 0 aromatic carbocycles. The quantitative estimate of drug-likeness (QED) is 0.807. The number of aryl methyl sites for hydroxylation is 1. The number of aliphatic hydroxyl groups is 1. The van der Waals surface area contributed by atoms with Crippen molar-refractivity contribution in [3.8, 4) is 5.82 Å². The molecule has 2 rings (SSSR count). The van der Waals surface area contributed by atoms with Crippen LogP contribution in [0.25, 0.3) is 5.82 Å². The first-order valence-electron chi connectivity index (χ1n) is 4.82. The van der Waals surface area contributed by atoms with Crippen molar-refractivity contribution < 1.29 is 5.11 Å². The van der Waals surface area contributed by atoms with Gasteiger partial charge in [0.25, 0.3) is 0 Å². The summed E-state index contributed by atoms with van der Waals surface area (Å²) >= 11 is 0. The lowest BCUT2D eigenvalue weighted by molar-refractivity contribution is 0.199. The first-order valence-corrected chi connectivity index (χ1v) is 4.82. The van der Waals surface area contributed by atoms with Gasteiger partial charge < -0.3 is 5.11 Å². The number of hydrogen-bond donors (Lipinski definition) is 1. The zero-order valence-electron chi connectivity index (χ0n) is 8.75. The molecule has 0 fully saturated rings. The lowest BCUT2D eigenvalue weighted by Gasteiger charge is -2.05. The molecule has 4 nitrogen and oxygen atoms in total. The van der Waals surface area contributed by atoms with Gasteiger partial charge in [-0.15, -0.1) is 0 Å². The maximum atomic E-state index is 9.33. The van der Waals surface area contributed by atoms with E-state index in [1.165, 1.54) is 0 Å². The fraction of sp³-hybridized carbons (Fsp3) is 0.273. The molecule has 0 saturated carbocycles. The largest absolute Gasteiger partial charge is 0.389 e. The minimum Gasteiger partial charge on any atom is -0.389 e. The molecule has 0 spiro atoms. The SMILES string of the molecule is Cc1cnn(-c2ccc(C(C)O)cn2)c1. The Morgan fingerprint density at radius 2 is 2.13 bits per heavy atom. The molecule has 2 aromatic rings. The Hall–Kier alpha value is -1.68. The predicted molar refractivity (Wildman–Crippen MR) is 56.7 cm³/mol. The molecule has 0 amide bonds. The highest BCUT2D eigenvalue weighted by Crippen LogP contribution is 2.12. The van der Waals surface area contributed by atoms with Crippen LogP contribution in [0.1, 0.15) is 24.2 Å². The zero-order valence-corrected chi connectivity index (χ0v) is 8.75. The van der Waals surface area contributed by atoms with Crippen LogP contribution < -0.4 is 0 Å². The van der Waals surface area contributed by atoms with Crippen molar-refractivity contribution >= 4 is 0 Å². The average molecular weight is 203 g/mol. The predicted octanol–water partition coefficient (Wildman–Crippen LogP) is 1.63. The zero-order chi connectivity index (χ0) is 10.8. The molecule has 0 bridgehead atoms. The van der Waals surface area contributed by atoms with Crippen molar-refractivity contribution in [1.82, 2.24) is 14.8 Å². The number of hydrogen-bond acceptors (Lipinski definition) is 3. The molecular weight excluding hydrogens is 190 g/mol. The van der Waals surface area contributed by atoms with Gasteiger partial charge >= 0.3 is 0 Å². The molecule has 2 heterocycles. The van der Waals surface area contributed by atoms with Gasteiger partial charge in [-0.05, 0) is 31.0 Å². The third-order valence-electron chi connectivity index (χ3n) is 2.20. The van der Waals surface area contributed by atoms with E-state index in [2.05, 4.69) is 10.1 Å². The standard InChI is InChI=1S/C11H13N3O/c1-8-5-13-14(7-8)11-4-3-10(6-12-11)9(2)15/h3-7,9,15H,1-2H3. The summed E-state index contributed by atoms with van der Waals surface area (Å²) in [5, 5.41) is 13.5. The van der Waals surface area contributed by atoms with Gasteiger partial charge in [0.05, 0.1) is 12.3 Å². The Morgan fingerprint density at radius 1 is 1.33 bits per heavy atom. The van der Waals surface area contributed by atoms with Gasteiger partial charge in [-0.3, -0.25) is 0 Å². The Bertz CT molecular complexity index is 445. The number of pyridine rings is 1. The van der Waals surface area contributed by atoms with E-state index in [4.69, 9.17) is 0 Å². The van der Waals surface area contributed by atoms with E-state index in [9.17, 15) is 5.11 Å². The summed E-state index contributed by atoms with van der Waals surface area (Å²) in [5.74, 6) is 0.757. The van der Waals surface area contributed by atoms with Gasteiger partial charge in [-0.25, -0.2) is 9.67 Å². The fourth-order valence-corrected chi connectivity index (χ4v) is 1.32. The van der Waals surface area contributed by atoms with Crippen LogP contribution in [0.3, 0.4) is 0 Å². The lowest BCUT2D eigenvalue weighted by atomic mass is 10.2. The highest BCUT2D eigenvalue weighted by atomic mass is 16.3. The van der Waals surface area contributed by atoms with E-state index in [0.717, 1.165) is 16.9 Å². The molecule has 0 aliphatic rings. The molecule has 1 unspecified atom stereocenters. The van der Waals surface area contributed by atoms with Crippen LogP contribution in [0.2, 0.25) is 0 Å². The second-order valence-electron chi connectivity index (χ2n) is 3.59. The van der Waals surface area contributed by atoms with Crippen molar-refractivity contribution in [3.63, 3.8) is 0 Å². The first kappa shape index (κ1) is 9.86. The maximum Gasteiger partial charge on any atom is 0.153 e. The van der Waals surface area contributed by atoms with Crippen LogP contribution in [0.15, 0.2) is 30.7 Å². The molecule has 78 valence electrons. The Morgan fingerprint density at radius 3 is 2.60 bits per heavy atom. The van der Waals surface area contributed by atoms with Crippen LogP contribution in [-0.4, -0.2) is 19.9 Å². The summed E-state index contributed by atoms with van der Waals surface area (Å²) in [6, 6.07) is 3.69. The second kappa shape index (κ2) is 3.82. The number of aliphatic hydroxyl groups excluding tert-OH is 1. The highest BCUT2D eigenvalue weighted by Gasteiger charge is 2.03. The van der Waals surface area contributed by atoms with Crippen LogP contribution in [0.5, 0.6) is 0 Å². The Balaban J connectivity index is 2.31. The summed E-state index contributed by atoms with van der Waals surface area (Å²) < 4.78 is 1.71. The molecule has 0 saturated heterocycles. The molecule has 1 atom stereocenters. The summed E-state index contributed by atoms with van der Waals surface area (Å²) in [6.07, 6.45) is 4.87. The summed E-state index contributed by atoms with van der Waals surface area (Å²) in [7, 11) is 0. The maximum absolute atomic E-state index is 9.33. The van der Waals surface area contributed by atoms with Gasteiger partial charge in [0, 0.05) is 12.4 Å². The third kappa shape index (κ3) is 2.05. The minimum absolute atomic E-state index is 0.481. The fourth-order valence-electron chi connectivity index (χ4n) is 1.32. The van der Waals surface area contributed by atoms with Crippen LogP contribution >= 0.6 is 0 Å². The molecule has 0 aliphatic heterocycles. The third-order valence-corrected chi connectivity index (χ3v) is 2.20. The van der Waals surface area contributed by atoms with E-state index in [1.54, 1.807) is 24.0 Å². The van der Waals surface area contributed by atoms with E-state index in [1.807, 2.05) is 25.3 Å². The van der Waals surface area contributed by atoms with Gasteiger partial charge in [0.1, 0.15) is 0 Å². The van der Waals surface area contributed by atoms with Crippen LogP contribution in [-0.2, 0) is 0 Å².